The predicted molar refractivity (Wildman–Crippen MR) is 373 cm³/mol. The van der Waals surface area contributed by atoms with Crippen molar-refractivity contribution in [1.82, 2.24) is 0 Å². The van der Waals surface area contributed by atoms with Gasteiger partial charge in [-0.2, -0.15) is 11.6 Å². The normalized spacial score (nSPS) is 10.6. The highest BCUT2D eigenvalue weighted by Gasteiger charge is 2.20. The van der Waals surface area contributed by atoms with Crippen LogP contribution in [0.15, 0.2) is 68.8 Å². The van der Waals surface area contributed by atoms with Crippen molar-refractivity contribution in [2.24, 2.45) is 21.1 Å². The molecule has 0 aromatic heterocycles. The molecule has 37 heteroatoms. The van der Waals surface area contributed by atoms with Crippen LogP contribution in [-0.4, -0.2) is 246 Å². The van der Waals surface area contributed by atoms with Crippen molar-refractivity contribution in [2.45, 2.75) is 124 Å². The average Bonchev–Trinajstić information content (AvgIpc) is 0.847. The van der Waals surface area contributed by atoms with Gasteiger partial charge >= 0.3 is 23.9 Å². The highest BCUT2D eigenvalue weighted by molar-refractivity contribution is 7.96. The average molecular weight is 1470 g/mol. The van der Waals surface area contributed by atoms with Gasteiger partial charge < -0.3 is 78.6 Å². The summed E-state index contributed by atoms with van der Waals surface area (Å²) in [6.07, 6.45) is 1.56. The molecule has 0 saturated carbocycles. The number of ether oxygens (including phenoxy) is 10. The van der Waals surface area contributed by atoms with Crippen molar-refractivity contribution in [1.29, 1.82) is 2.25 Å². The number of esters is 3. The minimum absolute atomic E-state index is 0. The Hall–Kier alpha value is -6.00. The fourth-order valence-corrected chi connectivity index (χ4v) is 6.78. The summed E-state index contributed by atoms with van der Waals surface area (Å²) in [5.41, 5.74) is 28.9. The van der Waals surface area contributed by atoms with Crippen LogP contribution in [0, 0.1) is 6.92 Å². The van der Waals surface area contributed by atoms with E-state index in [1.54, 1.807) is 65.8 Å². The number of benzene rings is 2. The second-order valence-corrected chi connectivity index (χ2v) is 24.9. The largest absolute Gasteiger partial charge is 0.480 e. The number of carboxylic acid groups (broad SMARTS) is 1. The predicted octanol–water partition coefficient (Wildman–Crippen LogP) is 7.33. The number of azide groups is 3. The van der Waals surface area contributed by atoms with Gasteiger partial charge in [-0.05, 0) is 117 Å². The molecule has 0 aliphatic rings. The molecule has 0 bridgehead atoms. The number of Topliss-reactive ketones (excluding diaryl/α,β-unsaturated/α-hetero) is 2. The van der Waals surface area contributed by atoms with Crippen LogP contribution in [0.3, 0.4) is 0 Å². The number of carbonyl (C=O) groups excluding carboxylic acids is 5. The Kier molecular flexibility index (Phi) is 73.2. The highest BCUT2D eigenvalue weighted by Crippen LogP contribution is 2.16. The molecule has 2 aromatic carbocycles. The summed E-state index contributed by atoms with van der Waals surface area (Å²) in [5.74, 6) is -2.94. The Bertz CT molecular complexity index is 2680. The fraction of sp³-hybridized carbons (Fsp3) is 0.700. The van der Waals surface area contributed by atoms with Crippen LogP contribution in [0.2, 0.25) is 0 Å². The van der Waals surface area contributed by atoms with Crippen LogP contribution in [-0.2, 0) is 88.0 Å². The topological polar surface area (TPSA) is 502 Å². The zero-order chi connectivity index (χ0) is 76.1. The number of halogens is 1. The molecule has 0 amide bonds. The van der Waals surface area contributed by atoms with Crippen LogP contribution >= 0.6 is 19.8 Å². The standard InChI is InChI=1S/C26H32O7S.C8H15N3O3.C8H17NO3.C5H12O2.C4H7N3O3.C4H9N3O2.C4H10O3.CH5PS.ClH/c1-19-7-13-22(14-8-19)34(30,31)17-15-24(28)21-11-9-20(10-12-21)23(27)6-5-16-32-18-25(29)33-26(2,3)4;1-8(2,3)14-7(12)6-13-5-4-10-11-9;1-8(2,3)12-7(10)6-11-5-4-9;1-2-4-7-5-3-6;5-7-6-1-2-10-3-4(8)9;5-7-6-1-3-9-4-2-8;5-1-3-7-4-2-6;1-2-3;/h7-14H,5-6,15-18H2,1-4H3;4-6H2,1-3H3;4-6,9H2,1-3H3;6H,2-5H2,1H3;1-3H2,(H,8,9);8H,1-4H2;5-6H,1-4H2;3H2,1H3;1H/i;;;;;;;3D2;. The first-order valence-corrected chi connectivity index (χ1v) is 34.0. The summed E-state index contributed by atoms with van der Waals surface area (Å²) in [6, 6.07) is 12.7. The molecule has 97 heavy (non-hydrogen) atoms. The van der Waals surface area contributed by atoms with Crippen LogP contribution < -0.4 is 5.73 Å². The molecule has 0 spiro atoms. The molecule has 560 valence electrons. The van der Waals surface area contributed by atoms with Gasteiger partial charge in [-0.25, -0.2) is 27.6 Å². The van der Waals surface area contributed by atoms with Crippen LogP contribution in [0.25, 0.3) is 31.3 Å². The van der Waals surface area contributed by atoms with Gasteiger partial charge in [0.1, 0.15) is 43.2 Å². The lowest BCUT2D eigenvalue weighted by molar-refractivity contribution is -0.161. The van der Waals surface area contributed by atoms with Gasteiger partial charge in [-0.15, -0.1) is 12.4 Å². The summed E-state index contributed by atoms with van der Waals surface area (Å²) in [5, 5.41) is 50.2. The number of hydrogen-bond donors (Lipinski definition) is 6. The molecular weight excluding hydrogens is 1360 g/mol. The zero-order valence-electron chi connectivity index (χ0n) is 60.1. The molecule has 0 saturated heterocycles. The number of aliphatic hydroxyl groups is 4. The number of aryl methyl sites for hydroxylation is 1. The first kappa shape index (κ1) is 99.7. The van der Waals surface area contributed by atoms with Crippen LogP contribution in [0.5, 0.6) is 0 Å². The van der Waals surface area contributed by atoms with Crippen molar-refractivity contribution in [3.05, 3.63) is 96.5 Å². The molecule has 0 atom stereocenters. The lowest BCUT2D eigenvalue weighted by Gasteiger charge is -2.19. The van der Waals surface area contributed by atoms with Crippen molar-refractivity contribution < 1.29 is 110 Å². The molecule has 2 aromatic rings. The SMILES string of the molecule is CC(C)(C)OC(=O)COCCN.CC(C)(C)OC(=O)COCCN=[N+]=[N-].CCCOCCO.Cc1ccc(S(=O)(=O)CCC(=O)c2ccc(C(=O)CCCOCC(=O)OC(C)(C)C)cc2)cc1.Cl.OCCOCCO.[2H]S([2H])=PC.[N-]=[N+]=NCCOCC(=O)O.[N-]=[N+]=NCCOCCO. The monoisotopic (exact) mass is 1470 g/mol. The van der Waals surface area contributed by atoms with Gasteiger partial charge in [-0.3, -0.25) is 9.59 Å². The van der Waals surface area contributed by atoms with Crippen LogP contribution in [0.4, 0.5) is 0 Å². The molecule has 2 rings (SSSR count). The van der Waals surface area contributed by atoms with Gasteiger partial charge in [0.25, 0.3) is 0 Å². The van der Waals surface area contributed by atoms with Gasteiger partial charge in [-0.1, -0.05) is 71.6 Å². The number of ketones is 2. The second-order valence-electron chi connectivity index (χ2n) is 21.3. The van der Waals surface area contributed by atoms with Crippen molar-refractivity contribution >= 4 is 76.7 Å². The maximum Gasteiger partial charge on any atom is 0.332 e. The number of sulfone groups is 1. The maximum atomic E-state index is 12.4. The van der Waals surface area contributed by atoms with Gasteiger partial charge in [0.05, 0.1) is 92.2 Å². The van der Waals surface area contributed by atoms with Gasteiger partial charge in [0.15, 0.2) is 21.4 Å². The number of hydrogen-bond acceptors (Lipinski definition) is 26. The Balaban J connectivity index is -0.000000217. The maximum absolute atomic E-state index is 12.4. The lowest BCUT2D eigenvalue weighted by atomic mass is 10.0. The molecule has 7 N–H and O–H groups in total. The van der Waals surface area contributed by atoms with E-state index in [1.807, 2.05) is 41.3 Å². The summed E-state index contributed by atoms with van der Waals surface area (Å²) >= 11 is -0.850. The Morgan fingerprint density at radius 3 is 1.21 bits per heavy atom. The molecule has 0 heterocycles. The number of nitrogens with zero attached hydrogens (tertiary/aromatic N) is 9. The van der Waals surface area contributed by atoms with E-state index in [1.165, 1.54) is 24.3 Å². The minimum Gasteiger partial charge on any atom is -0.480 e. The van der Waals surface area contributed by atoms with Crippen molar-refractivity contribution in [3.8, 4) is 0 Å². The summed E-state index contributed by atoms with van der Waals surface area (Å²) in [4.78, 5) is 75.8. The third-order valence-corrected chi connectivity index (χ3v) is 10.8. The number of aliphatic carboxylic acids is 1. The third kappa shape index (κ3) is 86.0. The van der Waals surface area contributed by atoms with E-state index in [9.17, 15) is 37.2 Å². The van der Waals surface area contributed by atoms with Crippen molar-refractivity contribution in [3.63, 3.8) is 0 Å². The van der Waals surface area contributed by atoms with E-state index in [0.717, 1.165) is 25.9 Å². The van der Waals surface area contributed by atoms with E-state index >= 15 is 0 Å². The number of rotatable bonds is 39. The molecule has 0 aliphatic carbocycles. The summed E-state index contributed by atoms with van der Waals surface area (Å²) in [7, 11) is -2.69. The van der Waals surface area contributed by atoms with E-state index in [-0.39, 0.29) is 139 Å². The number of nitrogens with two attached hydrogens (primary N) is 1. The summed E-state index contributed by atoms with van der Waals surface area (Å²) in [6.45, 7) is 26.1. The Morgan fingerprint density at radius 2 is 0.876 bits per heavy atom. The van der Waals surface area contributed by atoms with Crippen molar-refractivity contribution in [2.75, 3.05) is 158 Å². The quantitative estimate of drug-likeness (QED) is 0.00557. The molecule has 0 aliphatic heterocycles. The molecular formula is C60H108ClN10O23PS2. The fourth-order valence-electron chi connectivity index (χ4n) is 5.54. The first-order chi connectivity index (χ1) is 46.1. The van der Waals surface area contributed by atoms with Gasteiger partial charge in [0.2, 0.25) is 0 Å². The van der Waals surface area contributed by atoms with E-state index < -0.39 is 56.2 Å². The number of carbonyl (C=O) groups is 6. The third-order valence-electron chi connectivity index (χ3n) is 9.09. The van der Waals surface area contributed by atoms with E-state index in [4.69, 9.17) is 88.0 Å². The number of carboxylic acids is 1. The Labute approximate surface area is 585 Å². The smallest absolute Gasteiger partial charge is 0.332 e. The van der Waals surface area contributed by atoms with Gasteiger partial charge in [0, 0.05) is 78.1 Å². The van der Waals surface area contributed by atoms with Crippen LogP contribution in [0.1, 0.15) is 121 Å². The second kappa shape index (κ2) is 71.3. The lowest BCUT2D eigenvalue weighted by Crippen LogP contribution is -2.27. The minimum atomic E-state index is -3.55. The highest BCUT2D eigenvalue weighted by atomic mass is 35.5. The molecule has 0 radical (unpaired) electrons. The Morgan fingerprint density at radius 1 is 0.546 bits per heavy atom. The molecule has 33 nitrogen and oxygen atoms in total. The molecule has 0 fully saturated rings. The zero-order valence-corrected chi connectivity index (χ0v) is 61.4. The van der Waals surface area contributed by atoms with E-state index in [0.29, 0.717) is 70.3 Å². The first-order valence-electron chi connectivity index (χ1n) is 30.8. The van der Waals surface area contributed by atoms with E-state index in [2.05, 4.69) is 39.6 Å². The molecule has 0 unspecified atom stereocenters. The number of aliphatic hydroxyl groups excluding tert-OH is 4. The summed E-state index contributed by atoms with van der Waals surface area (Å²) < 4.78 is 86.8.